The molecule has 2 aromatic rings. The molecule has 0 bridgehead atoms. The molecule has 0 spiro atoms. The third-order valence-corrected chi connectivity index (χ3v) is 5.43. The first-order valence-electron chi connectivity index (χ1n) is 7.79. The molecule has 0 aliphatic carbocycles. The van der Waals surface area contributed by atoms with E-state index in [1.165, 1.54) is 13.3 Å². The lowest BCUT2D eigenvalue weighted by molar-refractivity contribution is 0.0662. The quantitative estimate of drug-likeness (QED) is 0.894. The standard InChI is InChI=1S/C16H21N3O4S/c1-12-3-4-15(22-2)16(9-12)24(20,21)18-13-10-17-19(11-13)14-5-7-23-8-6-14/h3-4,9-11,14,18H,5-8H2,1-2H3. The number of anilines is 1. The third-order valence-electron chi connectivity index (χ3n) is 4.03. The fourth-order valence-corrected chi connectivity index (χ4v) is 4.03. The van der Waals surface area contributed by atoms with Gasteiger partial charge in [-0.15, -0.1) is 0 Å². The van der Waals surface area contributed by atoms with Crippen LogP contribution < -0.4 is 9.46 Å². The Morgan fingerprint density at radius 1 is 1.33 bits per heavy atom. The van der Waals surface area contributed by atoms with Gasteiger partial charge in [-0.25, -0.2) is 8.42 Å². The van der Waals surface area contributed by atoms with Crippen molar-refractivity contribution in [2.24, 2.45) is 0 Å². The molecule has 1 fully saturated rings. The van der Waals surface area contributed by atoms with E-state index in [0.717, 1.165) is 18.4 Å². The highest BCUT2D eigenvalue weighted by molar-refractivity contribution is 7.92. The number of hydrogen-bond acceptors (Lipinski definition) is 5. The fraction of sp³-hybridized carbons (Fsp3) is 0.438. The van der Waals surface area contributed by atoms with Crippen LogP contribution in [0.5, 0.6) is 5.75 Å². The van der Waals surface area contributed by atoms with Gasteiger partial charge in [-0.2, -0.15) is 5.10 Å². The lowest BCUT2D eigenvalue weighted by Gasteiger charge is -2.22. The van der Waals surface area contributed by atoms with Crippen LogP contribution in [0.2, 0.25) is 0 Å². The molecule has 1 aliphatic heterocycles. The highest BCUT2D eigenvalue weighted by atomic mass is 32.2. The largest absolute Gasteiger partial charge is 0.495 e. The van der Waals surface area contributed by atoms with Gasteiger partial charge < -0.3 is 9.47 Å². The number of methoxy groups -OCH3 is 1. The van der Waals surface area contributed by atoms with Crippen LogP contribution in [0.25, 0.3) is 0 Å². The Morgan fingerprint density at radius 3 is 2.79 bits per heavy atom. The van der Waals surface area contributed by atoms with Gasteiger partial charge in [0.2, 0.25) is 0 Å². The fourth-order valence-electron chi connectivity index (χ4n) is 2.74. The molecular formula is C16H21N3O4S. The summed E-state index contributed by atoms with van der Waals surface area (Å²) >= 11 is 0. The summed E-state index contributed by atoms with van der Waals surface area (Å²) in [6.45, 7) is 3.24. The molecule has 7 nitrogen and oxygen atoms in total. The topological polar surface area (TPSA) is 82.5 Å². The average molecular weight is 351 g/mol. The Hall–Kier alpha value is -2.06. The number of sulfonamides is 1. The predicted octanol–water partition coefficient (Wildman–Crippen LogP) is 2.35. The number of nitrogens with one attached hydrogen (secondary N) is 1. The van der Waals surface area contributed by atoms with Crippen molar-refractivity contribution in [1.82, 2.24) is 9.78 Å². The van der Waals surface area contributed by atoms with Gasteiger partial charge in [0.15, 0.2) is 0 Å². The molecule has 0 atom stereocenters. The molecular weight excluding hydrogens is 330 g/mol. The van der Waals surface area contributed by atoms with Crippen molar-refractivity contribution in [3.8, 4) is 5.75 Å². The molecule has 0 unspecified atom stereocenters. The Bertz CT molecular complexity index is 810. The first-order valence-corrected chi connectivity index (χ1v) is 9.27. The summed E-state index contributed by atoms with van der Waals surface area (Å²) in [4.78, 5) is 0.115. The van der Waals surface area contributed by atoms with Crippen molar-refractivity contribution in [3.63, 3.8) is 0 Å². The maximum absolute atomic E-state index is 12.7. The van der Waals surface area contributed by atoms with E-state index in [9.17, 15) is 8.42 Å². The summed E-state index contributed by atoms with van der Waals surface area (Å²) < 4.78 is 40.2. The Labute approximate surface area is 141 Å². The van der Waals surface area contributed by atoms with Crippen LogP contribution in [-0.2, 0) is 14.8 Å². The van der Waals surface area contributed by atoms with Crippen molar-refractivity contribution in [1.29, 1.82) is 0 Å². The number of nitrogens with zero attached hydrogens (tertiary/aromatic N) is 2. The van der Waals surface area contributed by atoms with Gasteiger partial charge in [0, 0.05) is 19.4 Å². The summed E-state index contributed by atoms with van der Waals surface area (Å²) in [6, 6.07) is 5.28. The SMILES string of the molecule is COc1ccc(C)cc1S(=O)(=O)Nc1cnn(C2CCOCC2)c1. The maximum Gasteiger partial charge on any atom is 0.265 e. The second kappa shape index (κ2) is 6.82. The van der Waals surface area contributed by atoms with Gasteiger partial charge in [0.1, 0.15) is 10.6 Å². The Morgan fingerprint density at radius 2 is 2.08 bits per heavy atom. The number of aryl methyl sites for hydroxylation is 1. The Kier molecular flexibility index (Phi) is 4.77. The van der Waals surface area contributed by atoms with Crippen molar-refractivity contribution in [2.45, 2.75) is 30.7 Å². The summed E-state index contributed by atoms with van der Waals surface area (Å²) in [5.41, 5.74) is 1.28. The van der Waals surface area contributed by atoms with Gasteiger partial charge in [0.25, 0.3) is 10.0 Å². The number of aromatic nitrogens is 2. The minimum Gasteiger partial charge on any atom is -0.495 e. The van der Waals surface area contributed by atoms with Gasteiger partial charge in [0.05, 0.1) is 25.0 Å². The second-order valence-electron chi connectivity index (χ2n) is 5.81. The molecule has 24 heavy (non-hydrogen) atoms. The number of ether oxygens (including phenoxy) is 2. The lowest BCUT2D eigenvalue weighted by Crippen LogP contribution is -2.20. The first-order chi connectivity index (χ1) is 11.5. The molecule has 0 saturated carbocycles. The minimum atomic E-state index is -3.75. The van der Waals surface area contributed by atoms with Crippen LogP contribution in [-0.4, -0.2) is 38.5 Å². The van der Waals surface area contributed by atoms with Gasteiger partial charge in [-0.1, -0.05) is 6.07 Å². The maximum atomic E-state index is 12.7. The smallest absolute Gasteiger partial charge is 0.265 e. The van der Waals surface area contributed by atoms with Gasteiger partial charge in [-0.3, -0.25) is 9.40 Å². The van der Waals surface area contributed by atoms with Crippen molar-refractivity contribution >= 4 is 15.7 Å². The van der Waals surface area contributed by atoms with Crippen LogP contribution in [0.4, 0.5) is 5.69 Å². The van der Waals surface area contributed by atoms with E-state index in [1.54, 1.807) is 29.1 Å². The van der Waals surface area contributed by atoms with E-state index < -0.39 is 10.0 Å². The second-order valence-corrected chi connectivity index (χ2v) is 7.46. The van der Waals surface area contributed by atoms with Gasteiger partial charge >= 0.3 is 0 Å². The van der Waals surface area contributed by atoms with Crippen molar-refractivity contribution in [2.75, 3.05) is 25.0 Å². The van der Waals surface area contributed by atoms with Gasteiger partial charge in [-0.05, 0) is 37.5 Å². The summed E-state index contributed by atoms with van der Waals surface area (Å²) in [6.07, 6.45) is 4.99. The van der Waals surface area contributed by atoms with Crippen LogP contribution in [0, 0.1) is 6.92 Å². The normalized spacial score (nSPS) is 16.1. The number of hydrogen-bond donors (Lipinski definition) is 1. The molecule has 1 aromatic heterocycles. The van der Waals surface area contributed by atoms with Crippen LogP contribution in [0.1, 0.15) is 24.4 Å². The molecule has 2 heterocycles. The van der Waals surface area contributed by atoms with E-state index in [1.807, 2.05) is 6.92 Å². The number of benzene rings is 1. The summed E-state index contributed by atoms with van der Waals surface area (Å²) in [5, 5.41) is 4.28. The monoisotopic (exact) mass is 351 g/mol. The molecule has 0 radical (unpaired) electrons. The molecule has 1 saturated heterocycles. The highest BCUT2D eigenvalue weighted by Crippen LogP contribution is 2.27. The average Bonchev–Trinajstić information content (AvgIpc) is 3.03. The van der Waals surface area contributed by atoms with Crippen molar-refractivity contribution in [3.05, 3.63) is 36.2 Å². The van der Waals surface area contributed by atoms with E-state index in [-0.39, 0.29) is 10.9 Å². The Balaban J connectivity index is 1.82. The zero-order valence-corrected chi connectivity index (χ0v) is 14.5. The first kappa shape index (κ1) is 16.8. The lowest BCUT2D eigenvalue weighted by atomic mass is 10.1. The molecule has 1 aliphatic rings. The molecule has 0 amide bonds. The molecule has 8 heteroatoms. The van der Waals surface area contributed by atoms with E-state index in [2.05, 4.69) is 9.82 Å². The molecule has 1 N–H and O–H groups in total. The molecule has 3 rings (SSSR count). The van der Waals surface area contributed by atoms with E-state index in [4.69, 9.17) is 9.47 Å². The zero-order valence-electron chi connectivity index (χ0n) is 13.7. The molecule has 130 valence electrons. The molecule has 1 aromatic carbocycles. The van der Waals surface area contributed by atoms with Crippen LogP contribution in [0.3, 0.4) is 0 Å². The summed E-state index contributed by atoms with van der Waals surface area (Å²) in [5.74, 6) is 0.310. The predicted molar refractivity (Wildman–Crippen MR) is 89.9 cm³/mol. The number of rotatable bonds is 5. The highest BCUT2D eigenvalue weighted by Gasteiger charge is 2.22. The third kappa shape index (κ3) is 3.54. The minimum absolute atomic E-state index is 0.115. The van der Waals surface area contributed by atoms with Crippen LogP contribution >= 0.6 is 0 Å². The van der Waals surface area contributed by atoms with Crippen LogP contribution in [0.15, 0.2) is 35.5 Å². The zero-order chi connectivity index (χ0) is 17.2. The van der Waals surface area contributed by atoms with Crippen molar-refractivity contribution < 1.29 is 17.9 Å². The summed E-state index contributed by atoms with van der Waals surface area (Å²) in [7, 11) is -2.30. The van der Waals surface area contributed by atoms with E-state index in [0.29, 0.717) is 24.7 Å². The van der Waals surface area contributed by atoms with E-state index >= 15 is 0 Å².